The van der Waals surface area contributed by atoms with Crippen molar-refractivity contribution in [3.05, 3.63) is 36.2 Å². The first kappa shape index (κ1) is 19.9. The molecule has 0 aromatic carbocycles. The van der Waals surface area contributed by atoms with Crippen LogP contribution in [0.3, 0.4) is 0 Å². The summed E-state index contributed by atoms with van der Waals surface area (Å²) in [5, 5.41) is 10.2. The second kappa shape index (κ2) is 8.00. The number of amides is 3. The van der Waals surface area contributed by atoms with Gasteiger partial charge >= 0.3 is 0 Å². The minimum atomic E-state index is -0.391. The molecule has 0 saturated heterocycles. The van der Waals surface area contributed by atoms with Gasteiger partial charge in [0.2, 0.25) is 11.8 Å². The molecule has 2 unspecified atom stereocenters. The van der Waals surface area contributed by atoms with Gasteiger partial charge in [0, 0.05) is 31.6 Å². The van der Waals surface area contributed by atoms with Gasteiger partial charge in [0.1, 0.15) is 0 Å². The first-order valence-electron chi connectivity index (χ1n) is 9.57. The van der Waals surface area contributed by atoms with Gasteiger partial charge in [-0.15, -0.1) is 0 Å². The number of rotatable bonds is 8. The van der Waals surface area contributed by atoms with Crippen molar-refractivity contribution < 1.29 is 14.4 Å². The highest BCUT2D eigenvalue weighted by Crippen LogP contribution is 2.46. The molecule has 0 bridgehead atoms. The zero-order valence-corrected chi connectivity index (χ0v) is 16.3. The smallest absolute Gasteiger partial charge is 0.253 e. The zero-order valence-electron chi connectivity index (χ0n) is 16.3. The van der Waals surface area contributed by atoms with Gasteiger partial charge in [-0.1, -0.05) is 13.8 Å². The molecular formula is C20H27N5O3. The second-order valence-corrected chi connectivity index (χ2v) is 7.99. The van der Waals surface area contributed by atoms with E-state index in [2.05, 4.69) is 29.6 Å². The molecule has 8 nitrogen and oxygen atoms in total. The molecule has 2 aromatic rings. The maximum absolute atomic E-state index is 12.7. The van der Waals surface area contributed by atoms with Crippen LogP contribution in [0.4, 0.5) is 0 Å². The molecule has 2 atom stereocenters. The molecule has 1 fully saturated rings. The molecule has 4 N–H and O–H groups in total. The van der Waals surface area contributed by atoms with Gasteiger partial charge in [-0.2, -0.15) is 5.10 Å². The van der Waals surface area contributed by atoms with Crippen molar-refractivity contribution in [1.82, 2.24) is 20.2 Å². The fraction of sp³-hybridized carbons (Fsp3) is 0.500. The second-order valence-electron chi connectivity index (χ2n) is 7.99. The van der Waals surface area contributed by atoms with E-state index in [1.165, 1.54) is 0 Å². The molecule has 0 radical (unpaired) electrons. The minimum absolute atomic E-state index is 0.0416. The van der Waals surface area contributed by atoms with Gasteiger partial charge in [-0.25, -0.2) is 4.52 Å². The van der Waals surface area contributed by atoms with Crippen LogP contribution in [0.15, 0.2) is 30.6 Å². The summed E-state index contributed by atoms with van der Waals surface area (Å²) in [6, 6.07) is 5.45. The Balaban J connectivity index is 1.50. The first-order valence-corrected chi connectivity index (χ1v) is 9.57. The van der Waals surface area contributed by atoms with Crippen molar-refractivity contribution in [3.63, 3.8) is 0 Å². The van der Waals surface area contributed by atoms with E-state index in [1.807, 2.05) is 12.3 Å². The van der Waals surface area contributed by atoms with Gasteiger partial charge in [-0.05, 0) is 42.4 Å². The SMILES string of the molecule is CC1(C)C(CNC(=O)CCCC(N)=O)CC1NC(=O)c1cccn2nccc12. The zero-order chi connectivity index (χ0) is 20.3. The highest BCUT2D eigenvalue weighted by atomic mass is 16.2. The Bertz CT molecular complexity index is 889. The average Bonchev–Trinajstić information content (AvgIpc) is 3.12. The number of hydrogen-bond donors (Lipinski definition) is 3. The topological polar surface area (TPSA) is 119 Å². The van der Waals surface area contributed by atoms with Crippen LogP contribution in [-0.2, 0) is 9.59 Å². The molecule has 8 heteroatoms. The number of nitrogens with one attached hydrogen (secondary N) is 2. The molecule has 0 aliphatic heterocycles. The van der Waals surface area contributed by atoms with Crippen molar-refractivity contribution in [3.8, 4) is 0 Å². The number of nitrogens with two attached hydrogens (primary N) is 1. The summed E-state index contributed by atoms with van der Waals surface area (Å²) in [6.45, 7) is 4.77. The van der Waals surface area contributed by atoms with E-state index in [0.717, 1.165) is 11.9 Å². The third-order valence-electron chi connectivity index (χ3n) is 5.83. The Morgan fingerprint density at radius 3 is 2.79 bits per heavy atom. The predicted molar refractivity (Wildman–Crippen MR) is 104 cm³/mol. The van der Waals surface area contributed by atoms with Crippen LogP contribution in [0.25, 0.3) is 5.52 Å². The molecule has 3 rings (SSSR count). The highest BCUT2D eigenvalue weighted by molar-refractivity contribution is 6.00. The van der Waals surface area contributed by atoms with E-state index in [-0.39, 0.29) is 35.6 Å². The quantitative estimate of drug-likeness (QED) is 0.634. The maximum Gasteiger partial charge on any atom is 0.253 e. The third-order valence-corrected chi connectivity index (χ3v) is 5.83. The number of hydrogen-bond acceptors (Lipinski definition) is 4. The van der Waals surface area contributed by atoms with Crippen LogP contribution in [0.2, 0.25) is 0 Å². The largest absolute Gasteiger partial charge is 0.370 e. The summed E-state index contributed by atoms with van der Waals surface area (Å²) in [5.41, 5.74) is 6.33. The van der Waals surface area contributed by atoms with Crippen LogP contribution in [-0.4, -0.2) is 39.9 Å². The molecule has 3 amide bonds. The Kier molecular flexibility index (Phi) is 5.67. The van der Waals surface area contributed by atoms with Crippen molar-refractivity contribution in [2.24, 2.45) is 17.1 Å². The Morgan fingerprint density at radius 2 is 2.07 bits per heavy atom. The van der Waals surface area contributed by atoms with E-state index in [1.54, 1.807) is 22.8 Å². The number of nitrogens with zero attached hydrogens (tertiary/aromatic N) is 2. The lowest BCUT2D eigenvalue weighted by atomic mass is 9.58. The number of fused-ring (bicyclic) bond motifs is 1. The van der Waals surface area contributed by atoms with Gasteiger partial charge in [0.25, 0.3) is 5.91 Å². The number of carbonyl (C=O) groups excluding carboxylic acids is 3. The van der Waals surface area contributed by atoms with Crippen molar-refractivity contribution in [2.45, 2.75) is 45.6 Å². The summed E-state index contributed by atoms with van der Waals surface area (Å²) in [6.07, 6.45) is 5.27. The molecule has 1 aliphatic rings. The number of pyridine rings is 1. The monoisotopic (exact) mass is 385 g/mol. The van der Waals surface area contributed by atoms with Crippen molar-refractivity contribution in [2.75, 3.05) is 6.54 Å². The van der Waals surface area contributed by atoms with Crippen LogP contribution < -0.4 is 16.4 Å². The molecule has 28 heavy (non-hydrogen) atoms. The number of carbonyl (C=O) groups is 3. The summed E-state index contributed by atoms with van der Waals surface area (Å²) < 4.78 is 1.68. The van der Waals surface area contributed by atoms with Crippen LogP contribution in [0, 0.1) is 11.3 Å². The molecule has 150 valence electrons. The summed E-state index contributed by atoms with van der Waals surface area (Å²) in [5.74, 6) is -0.295. The van der Waals surface area contributed by atoms with E-state index >= 15 is 0 Å². The lowest BCUT2D eigenvalue weighted by molar-refractivity contribution is -0.122. The van der Waals surface area contributed by atoms with Gasteiger partial charge in [0.15, 0.2) is 0 Å². The van der Waals surface area contributed by atoms with Crippen molar-refractivity contribution in [1.29, 1.82) is 0 Å². The van der Waals surface area contributed by atoms with Crippen LogP contribution >= 0.6 is 0 Å². The molecule has 1 aliphatic carbocycles. The molecule has 1 saturated carbocycles. The number of aromatic nitrogens is 2. The first-order chi connectivity index (χ1) is 13.3. The van der Waals surface area contributed by atoms with E-state index in [9.17, 15) is 14.4 Å². The Morgan fingerprint density at radius 1 is 1.29 bits per heavy atom. The Labute approximate surface area is 163 Å². The molecular weight excluding hydrogens is 358 g/mol. The standard InChI is InChI=1S/C20H27N5O3/c1-20(2)13(12-22-18(27)7-3-6-17(21)26)11-16(20)24-19(28)14-5-4-10-25-15(14)8-9-23-25/h4-5,8-10,13,16H,3,6-7,11-12H2,1-2H3,(H2,21,26)(H,22,27)(H,24,28). The average molecular weight is 385 g/mol. The summed E-state index contributed by atoms with van der Waals surface area (Å²) in [4.78, 5) is 35.3. The van der Waals surface area contributed by atoms with E-state index in [4.69, 9.17) is 5.73 Å². The van der Waals surface area contributed by atoms with Gasteiger partial charge < -0.3 is 16.4 Å². The summed E-state index contributed by atoms with van der Waals surface area (Å²) in [7, 11) is 0. The predicted octanol–water partition coefficient (Wildman–Crippen LogP) is 1.25. The highest BCUT2D eigenvalue weighted by Gasteiger charge is 2.48. The fourth-order valence-electron chi connectivity index (χ4n) is 3.74. The minimum Gasteiger partial charge on any atom is -0.370 e. The van der Waals surface area contributed by atoms with E-state index < -0.39 is 5.91 Å². The lowest BCUT2D eigenvalue weighted by Crippen LogP contribution is -2.60. The van der Waals surface area contributed by atoms with E-state index in [0.29, 0.717) is 24.9 Å². The fourth-order valence-corrected chi connectivity index (χ4v) is 3.74. The van der Waals surface area contributed by atoms with Crippen molar-refractivity contribution >= 4 is 23.2 Å². The number of primary amides is 1. The van der Waals surface area contributed by atoms with Crippen LogP contribution in [0.5, 0.6) is 0 Å². The van der Waals surface area contributed by atoms with Gasteiger partial charge in [-0.3, -0.25) is 14.4 Å². The van der Waals surface area contributed by atoms with Gasteiger partial charge in [0.05, 0.1) is 17.3 Å². The molecule has 2 heterocycles. The Hall–Kier alpha value is -2.90. The molecule has 0 spiro atoms. The molecule has 2 aromatic heterocycles. The maximum atomic E-state index is 12.7. The normalized spacial score (nSPS) is 20.4. The summed E-state index contributed by atoms with van der Waals surface area (Å²) >= 11 is 0. The third kappa shape index (κ3) is 4.16. The van der Waals surface area contributed by atoms with Crippen LogP contribution in [0.1, 0.15) is 49.9 Å². The lowest BCUT2D eigenvalue weighted by Gasteiger charge is -2.52.